The number of carbonyl (C=O) groups is 1. The normalized spacial score (nSPS) is 59.3. The molecule has 2 aliphatic heterocycles. The molecule has 0 aromatic heterocycles. The molecule has 4 unspecified atom stereocenters. The van der Waals surface area contributed by atoms with Crippen LogP contribution >= 0.6 is 0 Å². The first kappa shape index (κ1) is 4.28. The van der Waals surface area contributed by atoms with Gasteiger partial charge in [-0.2, -0.15) is 0 Å². The van der Waals surface area contributed by atoms with Gasteiger partial charge in [-0.05, 0) is 0 Å². The van der Waals surface area contributed by atoms with Crippen LogP contribution in [0.25, 0.3) is 0 Å². The summed E-state index contributed by atoms with van der Waals surface area (Å²) in [6.07, 6.45) is -0.160. The van der Waals surface area contributed by atoms with Crippen LogP contribution in [0.4, 0.5) is 0 Å². The van der Waals surface area contributed by atoms with E-state index in [2.05, 4.69) is 0 Å². The molecule has 3 rings (SSSR count). The molecule has 2 heterocycles. The number of ether oxygens (including phenoxy) is 2. The molecular weight excluding hydrogens is 120 g/mol. The van der Waals surface area contributed by atoms with E-state index in [9.17, 15) is 4.79 Å². The average Bonchev–Trinajstić information content (AvgIpc) is 2.34. The highest BCUT2D eigenvalue weighted by molar-refractivity contribution is 5.79. The van der Waals surface area contributed by atoms with Gasteiger partial charge in [0, 0.05) is 11.8 Å². The highest BCUT2D eigenvalue weighted by Gasteiger charge is 2.70. The van der Waals surface area contributed by atoms with Crippen LogP contribution in [0, 0.1) is 17.8 Å². The van der Waals surface area contributed by atoms with Gasteiger partial charge in [0.25, 0.3) is 0 Å². The van der Waals surface area contributed by atoms with Crippen molar-refractivity contribution in [3.63, 3.8) is 0 Å². The van der Waals surface area contributed by atoms with E-state index in [4.69, 9.17) is 9.47 Å². The second-order valence-electron chi connectivity index (χ2n) is 2.91. The molecule has 1 saturated carbocycles. The number of hydrogen-bond acceptors (Lipinski definition) is 3. The monoisotopic (exact) mass is 126 g/mol. The van der Waals surface area contributed by atoms with Crippen molar-refractivity contribution in [3.05, 3.63) is 0 Å². The highest BCUT2D eigenvalue weighted by atomic mass is 16.7. The highest BCUT2D eigenvalue weighted by Crippen LogP contribution is 2.59. The van der Waals surface area contributed by atoms with Gasteiger partial charge in [0.05, 0.1) is 12.5 Å². The molecule has 0 N–H and O–H groups in total. The quantitative estimate of drug-likeness (QED) is 0.420. The van der Waals surface area contributed by atoms with Crippen LogP contribution in [0.3, 0.4) is 0 Å². The molecule has 1 aliphatic carbocycles. The van der Waals surface area contributed by atoms with Gasteiger partial charge in [-0.25, -0.2) is 0 Å². The molecule has 0 amide bonds. The number of esters is 1. The van der Waals surface area contributed by atoms with E-state index in [1.807, 2.05) is 0 Å². The topological polar surface area (TPSA) is 35.5 Å². The molecule has 9 heavy (non-hydrogen) atoms. The van der Waals surface area contributed by atoms with E-state index in [1.54, 1.807) is 0 Å². The van der Waals surface area contributed by atoms with Crippen molar-refractivity contribution in [1.29, 1.82) is 0 Å². The summed E-state index contributed by atoms with van der Waals surface area (Å²) < 4.78 is 9.99. The zero-order valence-corrected chi connectivity index (χ0v) is 4.74. The van der Waals surface area contributed by atoms with Crippen molar-refractivity contribution in [3.8, 4) is 0 Å². The van der Waals surface area contributed by atoms with Gasteiger partial charge in [0.15, 0.2) is 0 Å². The first-order valence-corrected chi connectivity index (χ1v) is 3.20. The fraction of sp³-hybridized carbons (Fsp3) is 0.833. The minimum absolute atomic E-state index is 0.0347. The summed E-state index contributed by atoms with van der Waals surface area (Å²) in [5, 5.41) is 0. The Morgan fingerprint density at radius 1 is 1.56 bits per heavy atom. The van der Waals surface area contributed by atoms with Crippen LogP contribution in [-0.4, -0.2) is 18.9 Å². The Hall–Kier alpha value is -0.570. The maximum Gasteiger partial charge on any atom is 0.312 e. The van der Waals surface area contributed by atoms with Crippen molar-refractivity contribution >= 4 is 5.97 Å². The Balaban J connectivity index is 2.05. The lowest BCUT2D eigenvalue weighted by Crippen LogP contribution is -2.10. The molecule has 4 atom stereocenters. The zero-order valence-electron chi connectivity index (χ0n) is 4.74. The van der Waals surface area contributed by atoms with Gasteiger partial charge in [-0.1, -0.05) is 0 Å². The first-order valence-electron chi connectivity index (χ1n) is 3.20. The SMILES string of the molecule is O=C1OC2OCC3C1C23. The van der Waals surface area contributed by atoms with Gasteiger partial charge in [-0.15, -0.1) is 0 Å². The lowest BCUT2D eigenvalue weighted by Gasteiger charge is -2.02. The van der Waals surface area contributed by atoms with Crippen molar-refractivity contribution < 1.29 is 14.3 Å². The lowest BCUT2D eigenvalue weighted by atomic mass is 10.3. The summed E-state index contributed by atoms with van der Waals surface area (Å²) in [7, 11) is 0. The molecule has 3 aliphatic rings. The lowest BCUT2D eigenvalue weighted by molar-refractivity contribution is -0.158. The van der Waals surface area contributed by atoms with Crippen LogP contribution in [0.1, 0.15) is 0 Å². The Bertz CT molecular complexity index is 189. The van der Waals surface area contributed by atoms with Crippen LogP contribution < -0.4 is 0 Å². The fourth-order valence-electron chi connectivity index (χ4n) is 1.94. The van der Waals surface area contributed by atoms with Gasteiger partial charge < -0.3 is 9.47 Å². The second kappa shape index (κ2) is 1.01. The van der Waals surface area contributed by atoms with E-state index in [0.717, 1.165) is 6.61 Å². The third kappa shape index (κ3) is 0.314. The van der Waals surface area contributed by atoms with E-state index in [-0.39, 0.29) is 18.2 Å². The molecule has 3 nitrogen and oxygen atoms in total. The largest absolute Gasteiger partial charge is 0.435 e. The van der Waals surface area contributed by atoms with Gasteiger partial charge in [0.2, 0.25) is 6.29 Å². The Morgan fingerprint density at radius 3 is 3.00 bits per heavy atom. The van der Waals surface area contributed by atoms with Crippen molar-refractivity contribution in [2.24, 2.45) is 17.8 Å². The van der Waals surface area contributed by atoms with Gasteiger partial charge in [0.1, 0.15) is 0 Å². The van der Waals surface area contributed by atoms with Crippen LogP contribution in [-0.2, 0) is 14.3 Å². The maximum absolute atomic E-state index is 10.8. The second-order valence-corrected chi connectivity index (χ2v) is 2.91. The summed E-state index contributed by atoms with van der Waals surface area (Å²) in [4.78, 5) is 10.8. The Kier molecular flexibility index (Phi) is 0.481. The molecule has 48 valence electrons. The summed E-state index contributed by atoms with van der Waals surface area (Å²) in [5.74, 6) is 1.16. The molecule has 0 aromatic carbocycles. The molecule has 0 radical (unpaired) electrons. The number of fused-ring (bicyclic) bond motifs is 1. The minimum Gasteiger partial charge on any atom is -0.435 e. The molecule has 0 spiro atoms. The standard InChI is InChI=1S/C6H6O3/c7-5-3-2-1-8-6(9-5)4(2)3/h2-4,6H,1H2. The van der Waals surface area contributed by atoms with Crippen LogP contribution in [0.5, 0.6) is 0 Å². The van der Waals surface area contributed by atoms with E-state index >= 15 is 0 Å². The Morgan fingerprint density at radius 2 is 2.44 bits per heavy atom. The maximum atomic E-state index is 10.8. The van der Waals surface area contributed by atoms with E-state index in [1.165, 1.54) is 0 Å². The summed E-state index contributed by atoms with van der Waals surface area (Å²) >= 11 is 0. The minimum atomic E-state index is -0.160. The van der Waals surface area contributed by atoms with Crippen LogP contribution in [0.15, 0.2) is 0 Å². The smallest absolute Gasteiger partial charge is 0.312 e. The fourth-order valence-corrected chi connectivity index (χ4v) is 1.94. The number of carbonyl (C=O) groups excluding carboxylic acids is 1. The van der Waals surface area contributed by atoms with Gasteiger partial charge in [-0.3, -0.25) is 4.79 Å². The third-order valence-electron chi connectivity index (χ3n) is 2.50. The molecule has 3 heteroatoms. The van der Waals surface area contributed by atoms with Crippen molar-refractivity contribution in [2.45, 2.75) is 6.29 Å². The third-order valence-corrected chi connectivity index (χ3v) is 2.50. The van der Waals surface area contributed by atoms with Gasteiger partial charge >= 0.3 is 5.97 Å². The average molecular weight is 126 g/mol. The number of hydrogen-bond donors (Lipinski definition) is 0. The van der Waals surface area contributed by atoms with Crippen LogP contribution in [0.2, 0.25) is 0 Å². The molecule has 3 fully saturated rings. The zero-order chi connectivity index (χ0) is 6.01. The molecule has 0 aromatic rings. The Labute approximate surface area is 51.9 Å². The van der Waals surface area contributed by atoms with Crippen molar-refractivity contribution in [2.75, 3.05) is 6.61 Å². The number of rotatable bonds is 0. The predicted molar refractivity (Wildman–Crippen MR) is 26.3 cm³/mol. The summed E-state index contributed by atoms with van der Waals surface area (Å²) in [5.41, 5.74) is 0. The predicted octanol–water partition coefficient (Wildman–Crippen LogP) is -0.238. The van der Waals surface area contributed by atoms with E-state index < -0.39 is 0 Å². The molecule has 2 saturated heterocycles. The summed E-state index contributed by atoms with van der Waals surface area (Å²) in [6, 6.07) is 0. The molecule has 0 bridgehead atoms. The van der Waals surface area contributed by atoms with Crippen molar-refractivity contribution in [1.82, 2.24) is 0 Å². The molecular formula is C6H6O3. The van der Waals surface area contributed by atoms with E-state index in [0.29, 0.717) is 11.8 Å². The summed E-state index contributed by atoms with van der Waals surface area (Å²) in [6.45, 7) is 0.742. The first-order chi connectivity index (χ1) is 4.38.